The van der Waals surface area contributed by atoms with Crippen LogP contribution in [0.5, 0.6) is 5.75 Å². The molecule has 5 heteroatoms. The fourth-order valence-corrected chi connectivity index (χ4v) is 1.38. The highest BCUT2D eigenvalue weighted by Crippen LogP contribution is 2.17. The standard InChI is InChI=1S/C13H17N3O2/c1-2-15-8-6-13(17)16-11-4-3-5-12(10-11)18-9-7-14/h3-5,10,15H,2,6,8-9H2,1H3,(H,16,17). The molecule has 0 heterocycles. The second kappa shape index (κ2) is 8.09. The molecule has 0 saturated heterocycles. The van der Waals surface area contributed by atoms with Crippen LogP contribution in [-0.2, 0) is 4.79 Å². The van der Waals surface area contributed by atoms with Crippen molar-refractivity contribution in [3.63, 3.8) is 0 Å². The average Bonchev–Trinajstić information content (AvgIpc) is 2.37. The van der Waals surface area contributed by atoms with Crippen molar-refractivity contribution < 1.29 is 9.53 Å². The van der Waals surface area contributed by atoms with Crippen molar-refractivity contribution >= 4 is 11.6 Å². The lowest BCUT2D eigenvalue weighted by Gasteiger charge is -2.07. The lowest BCUT2D eigenvalue weighted by Crippen LogP contribution is -2.21. The van der Waals surface area contributed by atoms with Crippen molar-refractivity contribution in [2.24, 2.45) is 0 Å². The molecule has 18 heavy (non-hydrogen) atoms. The monoisotopic (exact) mass is 247 g/mol. The summed E-state index contributed by atoms with van der Waals surface area (Å²) in [7, 11) is 0. The van der Waals surface area contributed by atoms with Crippen LogP contribution in [0.25, 0.3) is 0 Å². The molecule has 1 aromatic rings. The molecule has 1 aromatic carbocycles. The molecular weight excluding hydrogens is 230 g/mol. The van der Waals surface area contributed by atoms with Crippen molar-refractivity contribution in [2.75, 3.05) is 25.0 Å². The van der Waals surface area contributed by atoms with Gasteiger partial charge in [-0.1, -0.05) is 13.0 Å². The molecule has 1 rings (SSSR count). The largest absolute Gasteiger partial charge is 0.479 e. The predicted molar refractivity (Wildman–Crippen MR) is 69.3 cm³/mol. The first-order valence-electron chi connectivity index (χ1n) is 5.86. The third kappa shape index (κ3) is 5.32. The van der Waals surface area contributed by atoms with E-state index in [0.29, 0.717) is 24.4 Å². The fraction of sp³-hybridized carbons (Fsp3) is 0.385. The van der Waals surface area contributed by atoms with Gasteiger partial charge in [-0.25, -0.2) is 0 Å². The molecule has 0 atom stereocenters. The van der Waals surface area contributed by atoms with Crippen molar-refractivity contribution in [1.29, 1.82) is 5.26 Å². The minimum atomic E-state index is -0.0478. The molecule has 0 fully saturated rings. The predicted octanol–water partition coefficient (Wildman–Crippen LogP) is 1.53. The van der Waals surface area contributed by atoms with Crippen LogP contribution >= 0.6 is 0 Å². The highest BCUT2D eigenvalue weighted by molar-refractivity contribution is 5.90. The van der Waals surface area contributed by atoms with E-state index in [2.05, 4.69) is 10.6 Å². The van der Waals surface area contributed by atoms with Crippen LogP contribution in [0, 0.1) is 11.3 Å². The van der Waals surface area contributed by atoms with E-state index >= 15 is 0 Å². The van der Waals surface area contributed by atoms with Crippen LogP contribution in [0.1, 0.15) is 13.3 Å². The number of amides is 1. The number of nitrogens with zero attached hydrogens (tertiary/aromatic N) is 1. The van der Waals surface area contributed by atoms with E-state index in [1.54, 1.807) is 24.3 Å². The van der Waals surface area contributed by atoms with Gasteiger partial charge < -0.3 is 15.4 Å². The normalized spacial score (nSPS) is 9.56. The van der Waals surface area contributed by atoms with E-state index in [4.69, 9.17) is 10.00 Å². The van der Waals surface area contributed by atoms with Gasteiger partial charge in [0.2, 0.25) is 5.91 Å². The van der Waals surface area contributed by atoms with Gasteiger partial charge in [-0.2, -0.15) is 5.26 Å². The summed E-state index contributed by atoms with van der Waals surface area (Å²) in [6.45, 7) is 3.50. The van der Waals surface area contributed by atoms with E-state index in [0.717, 1.165) is 6.54 Å². The molecule has 96 valence electrons. The maximum absolute atomic E-state index is 11.6. The van der Waals surface area contributed by atoms with Gasteiger partial charge in [0.1, 0.15) is 11.8 Å². The lowest BCUT2D eigenvalue weighted by atomic mass is 10.3. The molecule has 2 N–H and O–H groups in total. The Morgan fingerprint density at radius 3 is 3.06 bits per heavy atom. The Labute approximate surface area is 107 Å². The van der Waals surface area contributed by atoms with Gasteiger partial charge >= 0.3 is 0 Å². The Hall–Kier alpha value is -2.06. The minimum absolute atomic E-state index is 0.00216. The molecule has 1 amide bonds. The number of carbonyl (C=O) groups is 1. The second-order valence-electron chi connectivity index (χ2n) is 3.63. The van der Waals surface area contributed by atoms with Crippen LogP contribution in [0.4, 0.5) is 5.69 Å². The number of nitriles is 1. The van der Waals surface area contributed by atoms with Crippen molar-refractivity contribution in [1.82, 2.24) is 5.32 Å². The summed E-state index contributed by atoms with van der Waals surface area (Å²) in [6, 6.07) is 8.88. The Balaban J connectivity index is 2.46. The Kier molecular flexibility index (Phi) is 6.30. The number of hydrogen-bond acceptors (Lipinski definition) is 4. The van der Waals surface area contributed by atoms with Gasteiger partial charge in [0.25, 0.3) is 0 Å². The lowest BCUT2D eigenvalue weighted by molar-refractivity contribution is -0.116. The van der Waals surface area contributed by atoms with E-state index in [-0.39, 0.29) is 12.5 Å². The van der Waals surface area contributed by atoms with E-state index in [1.807, 2.05) is 13.0 Å². The topological polar surface area (TPSA) is 74.2 Å². The first-order valence-corrected chi connectivity index (χ1v) is 5.86. The molecule has 0 bridgehead atoms. The second-order valence-corrected chi connectivity index (χ2v) is 3.63. The smallest absolute Gasteiger partial charge is 0.225 e. The molecule has 0 aliphatic heterocycles. The number of hydrogen-bond donors (Lipinski definition) is 2. The molecule has 0 spiro atoms. The zero-order valence-electron chi connectivity index (χ0n) is 10.4. The quantitative estimate of drug-likeness (QED) is 0.716. The summed E-state index contributed by atoms with van der Waals surface area (Å²) in [4.78, 5) is 11.6. The number of carbonyl (C=O) groups excluding carboxylic acids is 1. The number of ether oxygens (including phenoxy) is 1. The van der Waals surface area contributed by atoms with E-state index in [1.165, 1.54) is 0 Å². The third-order valence-electron chi connectivity index (χ3n) is 2.20. The van der Waals surface area contributed by atoms with Gasteiger partial charge in [-0.3, -0.25) is 4.79 Å². The van der Waals surface area contributed by atoms with Crippen LogP contribution in [-0.4, -0.2) is 25.6 Å². The number of nitrogens with one attached hydrogen (secondary N) is 2. The zero-order chi connectivity index (χ0) is 13.2. The number of benzene rings is 1. The van der Waals surface area contributed by atoms with Gasteiger partial charge in [0, 0.05) is 24.7 Å². The van der Waals surface area contributed by atoms with Gasteiger partial charge in [0.05, 0.1) is 0 Å². The maximum Gasteiger partial charge on any atom is 0.225 e. The molecular formula is C13H17N3O2. The molecule has 0 aliphatic carbocycles. The SMILES string of the molecule is CCNCCC(=O)Nc1cccc(OCC#N)c1. The van der Waals surface area contributed by atoms with Gasteiger partial charge in [-0.05, 0) is 18.7 Å². The fourth-order valence-electron chi connectivity index (χ4n) is 1.38. The van der Waals surface area contributed by atoms with Crippen LogP contribution in [0.15, 0.2) is 24.3 Å². The summed E-state index contributed by atoms with van der Waals surface area (Å²) in [5.41, 5.74) is 0.673. The Morgan fingerprint density at radius 1 is 1.50 bits per heavy atom. The first kappa shape index (κ1) is 14.0. The maximum atomic E-state index is 11.6. The third-order valence-corrected chi connectivity index (χ3v) is 2.20. The van der Waals surface area contributed by atoms with E-state index in [9.17, 15) is 4.79 Å². The van der Waals surface area contributed by atoms with Crippen LogP contribution < -0.4 is 15.4 Å². The van der Waals surface area contributed by atoms with Gasteiger partial charge in [0.15, 0.2) is 6.61 Å². The summed E-state index contributed by atoms with van der Waals surface area (Å²) >= 11 is 0. The molecule has 0 radical (unpaired) electrons. The molecule has 0 aromatic heterocycles. The molecule has 0 saturated carbocycles. The zero-order valence-corrected chi connectivity index (χ0v) is 10.4. The van der Waals surface area contributed by atoms with Crippen LogP contribution in [0.3, 0.4) is 0 Å². The van der Waals surface area contributed by atoms with Crippen LogP contribution in [0.2, 0.25) is 0 Å². The Bertz CT molecular complexity index is 426. The summed E-state index contributed by atoms with van der Waals surface area (Å²) < 4.78 is 5.15. The highest BCUT2D eigenvalue weighted by atomic mass is 16.5. The summed E-state index contributed by atoms with van der Waals surface area (Å²) in [6.07, 6.45) is 0.428. The molecule has 5 nitrogen and oxygen atoms in total. The minimum Gasteiger partial charge on any atom is -0.479 e. The molecule has 0 aliphatic rings. The summed E-state index contributed by atoms with van der Waals surface area (Å²) in [5.74, 6) is 0.523. The number of anilines is 1. The van der Waals surface area contributed by atoms with Gasteiger partial charge in [-0.15, -0.1) is 0 Å². The summed E-state index contributed by atoms with van der Waals surface area (Å²) in [5, 5.41) is 14.3. The molecule has 0 unspecified atom stereocenters. The van der Waals surface area contributed by atoms with Crippen molar-refractivity contribution in [2.45, 2.75) is 13.3 Å². The Morgan fingerprint density at radius 2 is 2.33 bits per heavy atom. The van der Waals surface area contributed by atoms with Crippen molar-refractivity contribution in [3.05, 3.63) is 24.3 Å². The van der Waals surface area contributed by atoms with Crippen molar-refractivity contribution in [3.8, 4) is 11.8 Å². The highest BCUT2D eigenvalue weighted by Gasteiger charge is 2.02. The van der Waals surface area contributed by atoms with E-state index < -0.39 is 0 Å². The number of rotatable bonds is 7. The first-order chi connectivity index (χ1) is 8.76. The average molecular weight is 247 g/mol.